The van der Waals surface area contributed by atoms with Gasteiger partial charge in [-0.1, -0.05) is 0 Å². The molecule has 0 aliphatic rings. The van der Waals surface area contributed by atoms with Crippen molar-refractivity contribution in [1.82, 2.24) is 14.8 Å². The molecule has 8 heteroatoms. The quantitative estimate of drug-likeness (QED) is 0.660. The van der Waals surface area contributed by atoms with Gasteiger partial charge in [0.2, 0.25) is 0 Å². The molecule has 0 aromatic carbocycles. The molecule has 21 heavy (non-hydrogen) atoms. The van der Waals surface area contributed by atoms with Gasteiger partial charge < -0.3 is 5.73 Å². The highest BCUT2D eigenvalue weighted by Crippen LogP contribution is 2.29. The Morgan fingerprint density at radius 2 is 1.86 bits per heavy atom. The maximum absolute atomic E-state index is 12.8. The number of aromatic nitrogens is 3. The third-order valence-corrected chi connectivity index (χ3v) is 3.31. The second kappa shape index (κ2) is 4.87. The van der Waals surface area contributed by atoms with Crippen molar-refractivity contribution < 1.29 is 13.2 Å². The minimum absolute atomic E-state index is 0.0916. The minimum Gasteiger partial charge on any atom is -0.384 e. The number of halogens is 3. The molecule has 2 aromatic rings. The number of nitrogen functional groups attached to an aromatic ring is 1. The van der Waals surface area contributed by atoms with Crippen LogP contribution in [0.5, 0.6) is 0 Å². The van der Waals surface area contributed by atoms with E-state index in [1.165, 1.54) is 4.68 Å². The molecule has 0 bridgehead atoms. The average molecular weight is 297 g/mol. The Morgan fingerprint density at radius 3 is 2.29 bits per heavy atom. The number of rotatable bonds is 2. The Labute approximate surface area is 119 Å². The Kier molecular flexibility index (Phi) is 3.48. The molecule has 0 saturated heterocycles. The normalized spacial score (nSPS) is 11.7. The molecule has 0 aliphatic carbocycles. The van der Waals surface area contributed by atoms with Gasteiger partial charge in [-0.15, -0.1) is 0 Å². The molecular formula is C13H14F3N5. The lowest BCUT2D eigenvalue weighted by Crippen LogP contribution is -2.20. The number of alkyl halides is 3. The van der Waals surface area contributed by atoms with E-state index < -0.39 is 11.9 Å². The maximum Gasteiger partial charge on any atom is 0.433 e. The van der Waals surface area contributed by atoms with Crippen LogP contribution in [0.2, 0.25) is 0 Å². The van der Waals surface area contributed by atoms with E-state index in [9.17, 15) is 13.2 Å². The van der Waals surface area contributed by atoms with E-state index in [0.29, 0.717) is 11.4 Å². The first kappa shape index (κ1) is 15.0. The Hall–Kier alpha value is -2.38. The molecule has 0 fully saturated rings. The van der Waals surface area contributed by atoms with E-state index >= 15 is 0 Å². The lowest BCUT2D eigenvalue weighted by molar-refractivity contribution is -0.141. The van der Waals surface area contributed by atoms with E-state index in [2.05, 4.69) is 10.1 Å². The summed E-state index contributed by atoms with van der Waals surface area (Å²) in [5, 5.41) is 11.7. The van der Waals surface area contributed by atoms with E-state index in [1.807, 2.05) is 6.92 Å². The molecule has 0 atom stereocenters. The number of hydrogen-bond acceptors (Lipinski definition) is 3. The van der Waals surface area contributed by atoms with Crippen LogP contribution >= 0.6 is 0 Å². The maximum atomic E-state index is 12.8. The summed E-state index contributed by atoms with van der Waals surface area (Å²) in [6.45, 7) is 5.29. The Bertz CT molecular complexity index is 715. The smallest absolute Gasteiger partial charge is 0.384 e. The first-order chi connectivity index (χ1) is 9.62. The van der Waals surface area contributed by atoms with E-state index in [-0.39, 0.29) is 17.2 Å². The van der Waals surface area contributed by atoms with Crippen LogP contribution in [0.4, 0.5) is 13.2 Å². The first-order valence-electron chi connectivity index (χ1n) is 6.08. The lowest BCUT2D eigenvalue weighted by atomic mass is 10.2. The van der Waals surface area contributed by atoms with Gasteiger partial charge in [0.15, 0.2) is 5.82 Å². The van der Waals surface area contributed by atoms with Crippen LogP contribution in [0.3, 0.4) is 0 Å². The lowest BCUT2D eigenvalue weighted by Gasteiger charge is -2.13. The van der Waals surface area contributed by atoms with Gasteiger partial charge in [0, 0.05) is 5.69 Å². The van der Waals surface area contributed by atoms with Gasteiger partial charge in [-0.2, -0.15) is 18.3 Å². The van der Waals surface area contributed by atoms with Gasteiger partial charge in [0.25, 0.3) is 0 Å². The van der Waals surface area contributed by atoms with Crippen LogP contribution < -0.4 is 5.73 Å². The molecule has 112 valence electrons. The number of aryl methyl sites for hydroxylation is 1. The second-order valence-electron chi connectivity index (χ2n) is 4.69. The monoisotopic (exact) mass is 297 g/mol. The van der Waals surface area contributed by atoms with Crippen molar-refractivity contribution in [2.75, 3.05) is 0 Å². The second-order valence-corrected chi connectivity index (χ2v) is 4.69. The van der Waals surface area contributed by atoms with Crippen molar-refractivity contribution in [2.24, 2.45) is 5.73 Å². The predicted octanol–water partition coefficient (Wildman–Crippen LogP) is 2.50. The molecule has 0 saturated carbocycles. The van der Waals surface area contributed by atoms with Crippen LogP contribution in [0.25, 0.3) is 5.82 Å². The molecule has 2 aromatic heterocycles. The van der Waals surface area contributed by atoms with E-state index in [4.69, 9.17) is 11.1 Å². The van der Waals surface area contributed by atoms with Crippen LogP contribution in [0, 0.1) is 26.2 Å². The fourth-order valence-corrected chi connectivity index (χ4v) is 1.90. The predicted molar refractivity (Wildman–Crippen MR) is 71.6 cm³/mol. The molecule has 5 nitrogen and oxygen atoms in total. The molecule has 0 spiro atoms. The molecule has 0 unspecified atom stereocenters. The molecule has 2 heterocycles. The van der Waals surface area contributed by atoms with Crippen molar-refractivity contribution in [2.45, 2.75) is 26.9 Å². The fourth-order valence-electron chi connectivity index (χ4n) is 1.90. The largest absolute Gasteiger partial charge is 0.433 e. The summed E-state index contributed by atoms with van der Waals surface area (Å²) >= 11 is 0. The molecule has 0 amide bonds. The molecule has 3 N–H and O–H groups in total. The zero-order chi connectivity index (χ0) is 15.9. The highest BCUT2D eigenvalue weighted by atomic mass is 19.4. The van der Waals surface area contributed by atoms with Gasteiger partial charge >= 0.3 is 6.18 Å². The standard InChI is InChI=1S/C13H14F3N5/c1-6-7(2)20-21(8(6)3)12-9(11(17)18)4-5-10(19-12)13(14,15)16/h4-5H,1-3H3,(H3,17,18). The number of nitrogens with two attached hydrogens (primary N) is 1. The highest BCUT2D eigenvalue weighted by Gasteiger charge is 2.33. The topological polar surface area (TPSA) is 80.6 Å². The van der Waals surface area contributed by atoms with Crippen LogP contribution in [-0.4, -0.2) is 20.6 Å². The average Bonchev–Trinajstić information content (AvgIpc) is 2.64. The minimum atomic E-state index is -4.57. The van der Waals surface area contributed by atoms with Crippen LogP contribution in [0.15, 0.2) is 12.1 Å². The van der Waals surface area contributed by atoms with Crippen molar-refractivity contribution in [3.05, 3.63) is 40.3 Å². The Balaban J connectivity index is 2.75. The van der Waals surface area contributed by atoms with Gasteiger partial charge in [-0.25, -0.2) is 9.67 Å². The summed E-state index contributed by atoms with van der Waals surface area (Å²) in [6, 6.07) is 1.94. The summed E-state index contributed by atoms with van der Waals surface area (Å²) in [5.74, 6) is -0.456. The first-order valence-corrected chi connectivity index (χ1v) is 6.08. The fraction of sp³-hybridized carbons (Fsp3) is 0.308. The van der Waals surface area contributed by atoms with Crippen molar-refractivity contribution in [3.8, 4) is 5.82 Å². The molecule has 0 aliphatic heterocycles. The number of amidine groups is 1. The highest BCUT2D eigenvalue weighted by molar-refractivity contribution is 5.97. The van der Waals surface area contributed by atoms with Gasteiger partial charge in [0.1, 0.15) is 11.5 Å². The van der Waals surface area contributed by atoms with Gasteiger partial charge in [-0.05, 0) is 38.5 Å². The number of pyridine rings is 1. The summed E-state index contributed by atoms with van der Waals surface area (Å²) < 4.78 is 39.8. The van der Waals surface area contributed by atoms with Crippen LogP contribution in [0.1, 0.15) is 28.2 Å². The number of nitrogens with zero attached hydrogens (tertiary/aromatic N) is 3. The van der Waals surface area contributed by atoms with E-state index in [0.717, 1.165) is 17.7 Å². The number of hydrogen-bond donors (Lipinski definition) is 2. The van der Waals surface area contributed by atoms with Crippen molar-refractivity contribution >= 4 is 5.84 Å². The molecular weight excluding hydrogens is 283 g/mol. The van der Waals surface area contributed by atoms with Crippen molar-refractivity contribution in [3.63, 3.8) is 0 Å². The third kappa shape index (κ3) is 2.61. The summed E-state index contributed by atoms with van der Waals surface area (Å²) in [7, 11) is 0. The van der Waals surface area contributed by atoms with Gasteiger partial charge in [-0.3, -0.25) is 5.41 Å². The summed E-state index contributed by atoms with van der Waals surface area (Å²) in [5.41, 5.74) is 6.67. The van der Waals surface area contributed by atoms with Crippen LogP contribution in [-0.2, 0) is 6.18 Å². The number of nitrogens with one attached hydrogen (secondary N) is 1. The summed E-state index contributed by atoms with van der Waals surface area (Å²) in [6.07, 6.45) is -4.57. The summed E-state index contributed by atoms with van der Waals surface area (Å²) in [4.78, 5) is 3.61. The SMILES string of the molecule is Cc1nn(-c2nc(C(F)(F)F)ccc2C(=N)N)c(C)c1C. The zero-order valence-electron chi connectivity index (χ0n) is 11.7. The van der Waals surface area contributed by atoms with Gasteiger partial charge in [0.05, 0.1) is 11.3 Å². The van der Waals surface area contributed by atoms with E-state index in [1.54, 1.807) is 13.8 Å². The zero-order valence-corrected chi connectivity index (χ0v) is 11.7. The third-order valence-electron chi connectivity index (χ3n) is 3.31. The molecule has 0 radical (unpaired) electrons. The van der Waals surface area contributed by atoms with Crippen molar-refractivity contribution in [1.29, 1.82) is 5.41 Å². The Morgan fingerprint density at radius 1 is 1.24 bits per heavy atom. The molecule has 2 rings (SSSR count).